The predicted octanol–water partition coefficient (Wildman–Crippen LogP) is 3.69. The molecule has 0 aliphatic rings. The highest BCUT2D eigenvalue weighted by Gasteiger charge is 2.19. The van der Waals surface area contributed by atoms with Crippen molar-refractivity contribution in [2.45, 2.75) is 46.1 Å². The van der Waals surface area contributed by atoms with Gasteiger partial charge in [-0.3, -0.25) is 10.1 Å². The first kappa shape index (κ1) is 16.6. The second kappa shape index (κ2) is 7.94. The van der Waals surface area contributed by atoms with Gasteiger partial charge in [0.25, 0.3) is 5.69 Å². The molecule has 0 saturated carbocycles. The Hall–Kier alpha value is -1.49. The van der Waals surface area contributed by atoms with Crippen LogP contribution in [0.2, 0.25) is 0 Å². The highest BCUT2D eigenvalue weighted by molar-refractivity contribution is 5.40. The normalized spacial score (nSPS) is 12.7. The molecule has 112 valence electrons. The molecule has 0 saturated heterocycles. The van der Waals surface area contributed by atoms with Crippen LogP contribution in [0.1, 0.15) is 39.2 Å². The van der Waals surface area contributed by atoms with Crippen LogP contribution in [0.4, 0.5) is 10.1 Å². The van der Waals surface area contributed by atoms with E-state index in [1.165, 1.54) is 12.1 Å². The summed E-state index contributed by atoms with van der Waals surface area (Å²) in [4.78, 5) is 10.6. The minimum absolute atomic E-state index is 0.00143. The Morgan fingerprint density at radius 2 is 2.10 bits per heavy atom. The summed E-state index contributed by atoms with van der Waals surface area (Å²) in [5, 5.41) is 14.4. The molecule has 5 heteroatoms. The summed E-state index contributed by atoms with van der Waals surface area (Å²) in [6, 6.07) is 3.80. The fraction of sp³-hybridized carbons (Fsp3) is 0.600. The smallest absolute Gasteiger partial charge is 0.272 e. The third-order valence-corrected chi connectivity index (χ3v) is 3.14. The lowest BCUT2D eigenvalue weighted by Crippen LogP contribution is -2.33. The van der Waals surface area contributed by atoms with Gasteiger partial charge in [-0.05, 0) is 43.9 Å². The van der Waals surface area contributed by atoms with E-state index in [1.807, 2.05) is 0 Å². The standard InChI is InChI=1S/C15H23FN2O2/c1-4-7-17-14(8-11(2)3)10-12-9-13(16)5-6-15(12)18(19)20/h5-6,9,11,14,17H,4,7-8,10H2,1-3H3. The van der Waals surface area contributed by atoms with Gasteiger partial charge in [-0.2, -0.15) is 0 Å². The van der Waals surface area contributed by atoms with Crippen molar-refractivity contribution in [2.75, 3.05) is 6.54 Å². The van der Waals surface area contributed by atoms with Crippen LogP contribution in [0.3, 0.4) is 0 Å². The average molecular weight is 282 g/mol. The number of rotatable bonds is 8. The van der Waals surface area contributed by atoms with Gasteiger partial charge in [0.15, 0.2) is 0 Å². The number of nitro groups is 1. The van der Waals surface area contributed by atoms with Crippen molar-refractivity contribution < 1.29 is 9.31 Å². The third-order valence-electron chi connectivity index (χ3n) is 3.14. The second-order valence-corrected chi connectivity index (χ2v) is 5.51. The predicted molar refractivity (Wildman–Crippen MR) is 78.3 cm³/mol. The molecule has 20 heavy (non-hydrogen) atoms. The van der Waals surface area contributed by atoms with Crippen molar-refractivity contribution in [3.63, 3.8) is 0 Å². The van der Waals surface area contributed by atoms with Crippen LogP contribution in [0.5, 0.6) is 0 Å². The van der Waals surface area contributed by atoms with E-state index in [0.717, 1.165) is 25.5 Å². The van der Waals surface area contributed by atoms with Crippen LogP contribution in [-0.2, 0) is 6.42 Å². The molecule has 0 heterocycles. The molecule has 0 aliphatic carbocycles. The van der Waals surface area contributed by atoms with Crippen molar-refractivity contribution in [2.24, 2.45) is 5.92 Å². The minimum Gasteiger partial charge on any atom is -0.314 e. The van der Waals surface area contributed by atoms with Crippen molar-refractivity contribution >= 4 is 5.69 Å². The number of halogens is 1. The van der Waals surface area contributed by atoms with Gasteiger partial charge in [0.2, 0.25) is 0 Å². The quantitative estimate of drug-likeness (QED) is 0.584. The fourth-order valence-electron chi connectivity index (χ4n) is 2.32. The lowest BCUT2D eigenvalue weighted by molar-refractivity contribution is -0.385. The minimum atomic E-state index is -0.443. The van der Waals surface area contributed by atoms with E-state index in [-0.39, 0.29) is 11.7 Å². The molecule has 4 nitrogen and oxygen atoms in total. The summed E-state index contributed by atoms with van der Waals surface area (Å²) in [5.41, 5.74) is 0.461. The zero-order valence-electron chi connectivity index (χ0n) is 12.4. The van der Waals surface area contributed by atoms with Gasteiger partial charge in [-0.1, -0.05) is 20.8 Å². The number of nitrogens with zero attached hydrogens (tertiary/aromatic N) is 1. The summed E-state index contributed by atoms with van der Waals surface area (Å²) in [7, 11) is 0. The van der Waals surface area contributed by atoms with Gasteiger partial charge in [-0.25, -0.2) is 4.39 Å². The Balaban J connectivity index is 2.90. The van der Waals surface area contributed by atoms with Crippen LogP contribution in [0.15, 0.2) is 18.2 Å². The molecule has 1 unspecified atom stereocenters. The molecule has 0 radical (unpaired) electrons. The molecule has 1 N–H and O–H groups in total. The first-order valence-corrected chi connectivity index (χ1v) is 7.10. The maximum absolute atomic E-state index is 13.3. The first-order chi connectivity index (χ1) is 9.43. The largest absolute Gasteiger partial charge is 0.314 e. The lowest BCUT2D eigenvalue weighted by atomic mass is 9.96. The van der Waals surface area contributed by atoms with Gasteiger partial charge < -0.3 is 5.32 Å². The van der Waals surface area contributed by atoms with E-state index in [9.17, 15) is 14.5 Å². The molecular weight excluding hydrogens is 259 g/mol. The molecule has 1 aromatic carbocycles. The molecule has 0 aromatic heterocycles. The van der Waals surface area contributed by atoms with Crippen molar-refractivity contribution in [3.05, 3.63) is 39.7 Å². The molecule has 1 aromatic rings. The van der Waals surface area contributed by atoms with Crippen molar-refractivity contribution in [3.8, 4) is 0 Å². The lowest BCUT2D eigenvalue weighted by Gasteiger charge is -2.20. The molecule has 0 spiro atoms. The van der Waals surface area contributed by atoms with Gasteiger partial charge in [0, 0.05) is 17.7 Å². The molecule has 0 amide bonds. The Labute approximate surface area is 119 Å². The van der Waals surface area contributed by atoms with E-state index in [2.05, 4.69) is 26.1 Å². The summed E-state index contributed by atoms with van der Waals surface area (Å²) >= 11 is 0. The Morgan fingerprint density at radius 3 is 2.65 bits per heavy atom. The highest BCUT2D eigenvalue weighted by Crippen LogP contribution is 2.22. The van der Waals surface area contributed by atoms with Crippen molar-refractivity contribution in [1.82, 2.24) is 5.32 Å². The van der Waals surface area contributed by atoms with Crippen LogP contribution >= 0.6 is 0 Å². The topological polar surface area (TPSA) is 55.2 Å². The van der Waals surface area contributed by atoms with Gasteiger partial charge >= 0.3 is 0 Å². The SMILES string of the molecule is CCCNC(Cc1cc(F)ccc1[N+](=O)[O-])CC(C)C. The Kier molecular flexibility index (Phi) is 6.58. The van der Waals surface area contributed by atoms with Crippen LogP contribution < -0.4 is 5.32 Å². The monoisotopic (exact) mass is 282 g/mol. The summed E-state index contributed by atoms with van der Waals surface area (Å²) in [6.07, 6.45) is 2.39. The van der Waals surface area contributed by atoms with Crippen molar-refractivity contribution in [1.29, 1.82) is 0 Å². The van der Waals surface area contributed by atoms with E-state index >= 15 is 0 Å². The zero-order valence-corrected chi connectivity index (χ0v) is 12.4. The molecular formula is C15H23FN2O2. The Morgan fingerprint density at radius 1 is 1.40 bits per heavy atom. The Bertz CT molecular complexity index is 449. The number of hydrogen-bond acceptors (Lipinski definition) is 3. The maximum Gasteiger partial charge on any atom is 0.272 e. The summed E-state index contributed by atoms with van der Waals surface area (Å²) in [5.74, 6) is 0.0568. The fourth-order valence-corrected chi connectivity index (χ4v) is 2.32. The number of nitro benzene ring substituents is 1. The third kappa shape index (κ3) is 5.25. The molecule has 1 rings (SSSR count). The van der Waals surface area contributed by atoms with Gasteiger partial charge in [0.1, 0.15) is 5.82 Å². The van der Waals surface area contributed by atoms with Gasteiger partial charge in [0.05, 0.1) is 4.92 Å². The highest BCUT2D eigenvalue weighted by atomic mass is 19.1. The summed E-state index contributed by atoms with van der Waals surface area (Å²) in [6.45, 7) is 7.16. The second-order valence-electron chi connectivity index (χ2n) is 5.51. The number of hydrogen-bond donors (Lipinski definition) is 1. The first-order valence-electron chi connectivity index (χ1n) is 7.10. The molecule has 0 aliphatic heterocycles. The van der Waals surface area contributed by atoms with Crippen LogP contribution in [-0.4, -0.2) is 17.5 Å². The average Bonchev–Trinajstić information content (AvgIpc) is 2.35. The molecule has 1 atom stereocenters. The summed E-state index contributed by atoms with van der Waals surface area (Å²) < 4.78 is 13.3. The van der Waals surface area contributed by atoms with E-state index in [1.54, 1.807) is 0 Å². The molecule has 0 fully saturated rings. The number of nitrogens with one attached hydrogen (secondary N) is 1. The van der Waals surface area contributed by atoms with E-state index < -0.39 is 10.7 Å². The van der Waals surface area contributed by atoms with E-state index in [0.29, 0.717) is 17.9 Å². The van der Waals surface area contributed by atoms with E-state index in [4.69, 9.17) is 0 Å². The molecule has 0 bridgehead atoms. The van der Waals surface area contributed by atoms with Crippen LogP contribution in [0.25, 0.3) is 0 Å². The number of benzene rings is 1. The zero-order chi connectivity index (χ0) is 15.1. The van der Waals surface area contributed by atoms with Crippen LogP contribution in [0, 0.1) is 21.8 Å². The van der Waals surface area contributed by atoms with Gasteiger partial charge in [-0.15, -0.1) is 0 Å². The maximum atomic E-state index is 13.3.